The number of nitrogens with two attached hydrogens (primary N) is 1. The number of amides is 1. The van der Waals surface area contributed by atoms with E-state index in [9.17, 15) is 13.2 Å². The molecule has 0 aromatic heterocycles. The van der Waals surface area contributed by atoms with Crippen LogP contribution in [0.15, 0.2) is 23.1 Å². The van der Waals surface area contributed by atoms with Crippen LogP contribution in [0.4, 0.5) is 5.69 Å². The lowest BCUT2D eigenvalue weighted by Gasteiger charge is -2.12. The van der Waals surface area contributed by atoms with Crippen molar-refractivity contribution in [2.75, 3.05) is 19.0 Å². The summed E-state index contributed by atoms with van der Waals surface area (Å²) < 4.78 is 31.8. The summed E-state index contributed by atoms with van der Waals surface area (Å²) in [5.41, 5.74) is 5.88. The van der Waals surface area contributed by atoms with E-state index >= 15 is 0 Å². The quantitative estimate of drug-likeness (QED) is 0.685. The highest BCUT2D eigenvalue weighted by atomic mass is 32.2. The Labute approximate surface area is 124 Å². The number of sulfonamides is 1. The number of anilines is 1. The molecule has 1 atom stereocenters. The van der Waals surface area contributed by atoms with Gasteiger partial charge < -0.3 is 15.8 Å². The Bertz CT molecular complexity index is 599. The number of hydrogen-bond donors (Lipinski definition) is 3. The summed E-state index contributed by atoms with van der Waals surface area (Å²) in [6.45, 7) is 3.39. The number of methoxy groups -OCH3 is 1. The van der Waals surface area contributed by atoms with E-state index in [-0.39, 0.29) is 23.4 Å². The van der Waals surface area contributed by atoms with E-state index in [2.05, 4.69) is 10.0 Å². The first-order valence-corrected chi connectivity index (χ1v) is 7.95. The van der Waals surface area contributed by atoms with Crippen molar-refractivity contribution in [1.82, 2.24) is 4.72 Å². The van der Waals surface area contributed by atoms with E-state index in [1.54, 1.807) is 6.92 Å². The topological polar surface area (TPSA) is 111 Å². The van der Waals surface area contributed by atoms with Crippen molar-refractivity contribution in [2.24, 2.45) is 5.73 Å². The minimum atomic E-state index is -3.65. The third kappa shape index (κ3) is 5.33. The molecule has 0 saturated carbocycles. The van der Waals surface area contributed by atoms with Crippen molar-refractivity contribution < 1.29 is 17.9 Å². The molecule has 0 radical (unpaired) electrons. The molecule has 7 nitrogen and oxygen atoms in total. The molecule has 1 unspecified atom stereocenters. The van der Waals surface area contributed by atoms with E-state index in [1.807, 2.05) is 0 Å². The van der Waals surface area contributed by atoms with Gasteiger partial charge in [-0.3, -0.25) is 4.79 Å². The molecule has 1 rings (SSSR count). The van der Waals surface area contributed by atoms with Crippen molar-refractivity contribution in [1.29, 1.82) is 0 Å². The van der Waals surface area contributed by atoms with Crippen molar-refractivity contribution in [3.05, 3.63) is 18.2 Å². The highest BCUT2D eigenvalue weighted by molar-refractivity contribution is 7.89. The van der Waals surface area contributed by atoms with E-state index < -0.39 is 10.0 Å². The Balaban J connectivity index is 2.98. The van der Waals surface area contributed by atoms with Gasteiger partial charge in [-0.15, -0.1) is 0 Å². The van der Waals surface area contributed by atoms with Gasteiger partial charge in [-0.1, -0.05) is 0 Å². The van der Waals surface area contributed by atoms with Gasteiger partial charge in [0, 0.05) is 19.5 Å². The first-order chi connectivity index (χ1) is 9.76. The van der Waals surface area contributed by atoms with Gasteiger partial charge in [0.1, 0.15) is 5.75 Å². The predicted octanol–water partition coefficient (Wildman–Crippen LogP) is 0.669. The Morgan fingerprint density at radius 2 is 2.10 bits per heavy atom. The zero-order valence-corrected chi connectivity index (χ0v) is 13.2. The molecule has 0 bridgehead atoms. The number of hydrogen-bond acceptors (Lipinski definition) is 5. The summed E-state index contributed by atoms with van der Waals surface area (Å²) in [6, 6.07) is 4.18. The van der Waals surface area contributed by atoms with Crippen LogP contribution < -0.4 is 20.5 Å². The second-order valence-electron chi connectivity index (χ2n) is 4.71. The molecule has 0 heterocycles. The molecule has 0 spiro atoms. The second-order valence-corrected chi connectivity index (χ2v) is 6.47. The summed E-state index contributed by atoms with van der Waals surface area (Å²) in [6.07, 6.45) is 0.536. The maximum absolute atomic E-state index is 12.1. The van der Waals surface area contributed by atoms with Crippen LogP contribution >= 0.6 is 0 Å². The number of carbonyl (C=O) groups is 1. The molecule has 21 heavy (non-hydrogen) atoms. The zero-order chi connectivity index (χ0) is 16.0. The first-order valence-electron chi connectivity index (χ1n) is 6.47. The summed E-state index contributed by atoms with van der Waals surface area (Å²) in [5, 5.41) is 2.53. The molecule has 0 aliphatic carbocycles. The molecule has 0 saturated heterocycles. The fourth-order valence-corrected chi connectivity index (χ4v) is 2.72. The van der Waals surface area contributed by atoms with Crippen LogP contribution in [0.5, 0.6) is 5.75 Å². The first kappa shape index (κ1) is 17.4. The van der Waals surface area contributed by atoms with Gasteiger partial charge in [0.25, 0.3) is 0 Å². The normalized spacial score (nSPS) is 12.8. The number of carbonyl (C=O) groups excluding carboxylic acids is 1. The molecule has 0 fully saturated rings. The summed E-state index contributed by atoms with van der Waals surface area (Å²) in [7, 11) is -2.21. The molecule has 0 aliphatic rings. The molecular formula is C13H21N3O4S. The number of ether oxygens (including phenoxy) is 1. The Morgan fingerprint density at radius 3 is 2.62 bits per heavy atom. The molecule has 8 heteroatoms. The van der Waals surface area contributed by atoms with Crippen LogP contribution in [0.2, 0.25) is 0 Å². The largest absolute Gasteiger partial charge is 0.495 e. The van der Waals surface area contributed by atoms with Crippen molar-refractivity contribution >= 4 is 21.6 Å². The highest BCUT2D eigenvalue weighted by Gasteiger charge is 2.16. The summed E-state index contributed by atoms with van der Waals surface area (Å²) in [4.78, 5) is 11.2. The molecule has 0 aliphatic heterocycles. The Hall–Kier alpha value is -1.64. The summed E-state index contributed by atoms with van der Waals surface area (Å²) in [5.74, 6) is 0.0764. The molecule has 118 valence electrons. The molecule has 1 amide bonds. The monoisotopic (exact) mass is 315 g/mol. The molecular weight excluding hydrogens is 294 g/mol. The van der Waals surface area contributed by atoms with Gasteiger partial charge in [0.05, 0.1) is 17.7 Å². The van der Waals surface area contributed by atoms with Gasteiger partial charge in [0.15, 0.2) is 0 Å². The van der Waals surface area contributed by atoms with E-state index in [0.29, 0.717) is 17.9 Å². The highest BCUT2D eigenvalue weighted by Crippen LogP contribution is 2.27. The zero-order valence-electron chi connectivity index (χ0n) is 12.3. The second kappa shape index (κ2) is 7.39. The Morgan fingerprint density at radius 1 is 1.43 bits per heavy atom. The van der Waals surface area contributed by atoms with Crippen LogP contribution in [-0.4, -0.2) is 34.0 Å². The van der Waals surface area contributed by atoms with Gasteiger partial charge in [-0.05, 0) is 31.5 Å². The average molecular weight is 315 g/mol. The fourth-order valence-electron chi connectivity index (χ4n) is 1.65. The van der Waals surface area contributed by atoms with Gasteiger partial charge >= 0.3 is 0 Å². The van der Waals surface area contributed by atoms with E-state index in [4.69, 9.17) is 10.5 Å². The average Bonchev–Trinajstić information content (AvgIpc) is 2.37. The lowest BCUT2D eigenvalue weighted by Crippen LogP contribution is -2.29. The van der Waals surface area contributed by atoms with Crippen LogP contribution in [0.25, 0.3) is 0 Å². The van der Waals surface area contributed by atoms with Crippen LogP contribution in [0.1, 0.15) is 20.3 Å². The number of benzene rings is 1. The van der Waals surface area contributed by atoms with Crippen molar-refractivity contribution in [2.45, 2.75) is 31.2 Å². The third-order valence-electron chi connectivity index (χ3n) is 2.68. The standard InChI is InChI=1S/C13H21N3O4S/c1-9(14)6-7-15-21(18,19)11-4-5-13(20-3)12(8-11)16-10(2)17/h4-5,8-9,15H,6-7,14H2,1-3H3,(H,16,17). The van der Waals surface area contributed by atoms with E-state index in [0.717, 1.165) is 0 Å². The van der Waals surface area contributed by atoms with Gasteiger partial charge in [-0.25, -0.2) is 13.1 Å². The van der Waals surface area contributed by atoms with Crippen molar-refractivity contribution in [3.63, 3.8) is 0 Å². The SMILES string of the molecule is COc1ccc(S(=O)(=O)NCCC(C)N)cc1NC(C)=O. The fraction of sp³-hybridized carbons (Fsp3) is 0.462. The van der Waals surface area contributed by atoms with Crippen LogP contribution in [0.3, 0.4) is 0 Å². The number of rotatable bonds is 7. The predicted molar refractivity (Wildman–Crippen MR) is 80.8 cm³/mol. The smallest absolute Gasteiger partial charge is 0.240 e. The minimum absolute atomic E-state index is 0.0525. The van der Waals surface area contributed by atoms with Crippen molar-refractivity contribution in [3.8, 4) is 5.75 Å². The lowest BCUT2D eigenvalue weighted by atomic mass is 10.3. The molecule has 4 N–H and O–H groups in total. The summed E-state index contributed by atoms with van der Waals surface area (Å²) >= 11 is 0. The third-order valence-corrected chi connectivity index (χ3v) is 4.14. The Kier molecular flexibility index (Phi) is 6.13. The molecule has 1 aromatic carbocycles. The lowest BCUT2D eigenvalue weighted by molar-refractivity contribution is -0.114. The van der Waals surface area contributed by atoms with Gasteiger partial charge in [-0.2, -0.15) is 0 Å². The maximum Gasteiger partial charge on any atom is 0.240 e. The van der Waals surface area contributed by atoms with Gasteiger partial charge in [0.2, 0.25) is 15.9 Å². The minimum Gasteiger partial charge on any atom is -0.495 e. The maximum atomic E-state index is 12.1. The number of nitrogens with one attached hydrogen (secondary N) is 2. The van der Waals surface area contributed by atoms with Crippen LogP contribution in [-0.2, 0) is 14.8 Å². The van der Waals surface area contributed by atoms with Crippen LogP contribution in [0, 0.1) is 0 Å². The van der Waals surface area contributed by atoms with E-state index in [1.165, 1.54) is 32.2 Å². The molecule has 1 aromatic rings.